The zero-order chi connectivity index (χ0) is 7.78. The molecule has 0 bridgehead atoms. The van der Waals surface area contributed by atoms with Gasteiger partial charge in [-0.05, 0) is 12.8 Å². The second kappa shape index (κ2) is 1.97. The number of nitrogens with one attached hydrogen (secondary N) is 1. The summed E-state index contributed by atoms with van der Waals surface area (Å²) in [6, 6.07) is 0. The predicted molar refractivity (Wildman–Crippen MR) is 34.9 cm³/mol. The average molecular weight is 142 g/mol. The second-order valence-electron chi connectivity index (χ2n) is 2.53. The molecule has 0 aliphatic heterocycles. The smallest absolute Gasteiger partial charge is 0.235 e. The van der Waals surface area contributed by atoms with Crippen molar-refractivity contribution in [3.63, 3.8) is 0 Å². The van der Waals surface area contributed by atoms with Crippen LogP contribution in [-0.2, 0) is 9.59 Å². The fraction of sp³-hybridized carbons (Fsp3) is 0.667. The first kappa shape index (κ1) is 7.05. The lowest BCUT2D eigenvalue weighted by Gasteiger charge is -2.06. The van der Waals surface area contributed by atoms with Crippen LogP contribution in [0.2, 0.25) is 0 Å². The number of hydrogen-bond acceptors (Lipinski definition) is 2. The van der Waals surface area contributed by atoms with Crippen molar-refractivity contribution >= 4 is 11.8 Å². The zero-order valence-electron chi connectivity index (χ0n) is 5.81. The number of amides is 2. The van der Waals surface area contributed by atoms with E-state index in [-0.39, 0.29) is 5.91 Å². The predicted octanol–water partition coefficient (Wildman–Crippen LogP) is -1.00. The lowest BCUT2D eigenvalue weighted by atomic mass is 10.1. The molecule has 0 heterocycles. The molecule has 4 heteroatoms. The Hall–Kier alpha value is -1.06. The van der Waals surface area contributed by atoms with Crippen molar-refractivity contribution in [3.8, 4) is 0 Å². The van der Waals surface area contributed by atoms with Gasteiger partial charge in [-0.2, -0.15) is 0 Å². The van der Waals surface area contributed by atoms with Gasteiger partial charge < -0.3 is 11.1 Å². The van der Waals surface area contributed by atoms with E-state index in [0.717, 1.165) is 0 Å². The minimum Gasteiger partial charge on any atom is -0.369 e. The molecular formula is C6H10N2O2. The maximum atomic E-state index is 10.9. The standard InChI is InChI=1S/C6H10N2O2/c1-8-5(10)6(2-3-6)4(7)9/h2-3H2,1H3,(H2,7,9)(H,8,10). The third kappa shape index (κ3) is 0.761. The summed E-state index contributed by atoms with van der Waals surface area (Å²) in [5.74, 6) is -0.758. The highest BCUT2D eigenvalue weighted by atomic mass is 16.2. The van der Waals surface area contributed by atoms with E-state index in [4.69, 9.17) is 5.73 Å². The Balaban J connectivity index is 2.69. The molecule has 0 aromatic rings. The Morgan fingerprint density at radius 1 is 1.50 bits per heavy atom. The third-order valence-corrected chi connectivity index (χ3v) is 1.88. The van der Waals surface area contributed by atoms with Crippen LogP contribution in [0, 0.1) is 5.41 Å². The fourth-order valence-electron chi connectivity index (χ4n) is 0.950. The molecule has 0 unspecified atom stereocenters. The van der Waals surface area contributed by atoms with E-state index >= 15 is 0 Å². The summed E-state index contributed by atoms with van der Waals surface area (Å²) >= 11 is 0. The van der Waals surface area contributed by atoms with E-state index in [0.29, 0.717) is 12.8 Å². The molecule has 0 saturated heterocycles. The molecule has 0 atom stereocenters. The Bertz CT molecular complexity index is 184. The Morgan fingerprint density at radius 3 is 2.10 bits per heavy atom. The number of carbonyl (C=O) groups is 2. The van der Waals surface area contributed by atoms with Crippen LogP contribution in [0.1, 0.15) is 12.8 Å². The van der Waals surface area contributed by atoms with Crippen LogP contribution in [0.25, 0.3) is 0 Å². The highest BCUT2D eigenvalue weighted by Crippen LogP contribution is 2.45. The van der Waals surface area contributed by atoms with Crippen LogP contribution in [0.5, 0.6) is 0 Å². The van der Waals surface area contributed by atoms with Crippen molar-refractivity contribution < 1.29 is 9.59 Å². The lowest BCUT2D eigenvalue weighted by Crippen LogP contribution is -2.38. The third-order valence-electron chi connectivity index (χ3n) is 1.88. The van der Waals surface area contributed by atoms with Gasteiger partial charge in [0.25, 0.3) is 0 Å². The van der Waals surface area contributed by atoms with Crippen molar-refractivity contribution in [2.75, 3.05) is 7.05 Å². The molecule has 2 amide bonds. The van der Waals surface area contributed by atoms with Crippen molar-refractivity contribution in [1.29, 1.82) is 0 Å². The Kier molecular flexibility index (Phi) is 1.39. The van der Waals surface area contributed by atoms with Crippen LogP contribution < -0.4 is 11.1 Å². The summed E-state index contributed by atoms with van der Waals surface area (Å²) in [7, 11) is 1.51. The fourth-order valence-corrected chi connectivity index (χ4v) is 0.950. The van der Waals surface area contributed by atoms with Crippen molar-refractivity contribution in [1.82, 2.24) is 5.32 Å². The van der Waals surface area contributed by atoms with Crippen molar-refractivity contribution in [2.24, 2.45) is 11.1 Å². The van der Waals surface area contributed by atoms with E-state index in [9.17, 15) is 9.59 Å². The summed E-state index contributed by atoms with van der Waals surface area (Å²) in [5, 5.41) is 2.41. The van der Waals surface area contributed by atoms with Gasteiger partial charge >= 0.3 is 0 Å². The summed E-state index contributed by atoms with van der Waals surface area (Å²) in [5.41, 5.74) is 4.16. The molecule has 0 spiro atoms. The molecule has 10 heavy (non-hydrogen) atoms. The van der Waals surface area contributed by atoms with Crippen molar-refractivity contribution in [3.05, 3.63) is 0 Å². The number of nitrogens with two attached hydrogens (primary N) is 1. The van der Waals surface area contributed by atoms with Crippen molar-refractivity contribution in [2.45, 2.75) is 12.8 Å². The van der Waals surface area contributed by atoms with Gasteiger partial charge in [0.1, 0.15) is 5.41 Å². The number of hydrogen-bond donors (Lipinski definition) is 2. The number of carbonyl (C=O) groups excluding carboxylic acids is 2. The molecule has 0 aromatic heterocycles. The number of rotatable bonds is 2. The molecule has 1 saturated carbocycles. The van der Waals surface area contributed by atoms with E-state index < -0.39 is 11.3 Å². The average Bonchev–Trinajstić information content (AvgIpc) is 2.65. The van der Waals surface area contributed by atoms with Crippen LogP contribution in [0.15, 0.2) is 0 Å². The van der Waals surface area contributed by atoms with Gasteiger partial charge in [0.05, 0.1) is 0 Å². The monoisotopic (exact) mass is 142 g/mol. The summed E-state index contributed by atoms with van der Waals surface area (Å²) in [6.45, 7) is 0. The largest absolute Gasteiger partial charge is 0.369 e. The highest BCUT2D eigenvalue weighted by molar-refractivity contribution is 6.07. The molecule has 3 N–H and O–H groups in total. The van der Waals surface area contributed by atoms with E-state index in [1.54, 1.807) is 0 Å². The molecule has 1 rings (SSSR count). The number of primary amides is 1. The van der Waals surface area contributed by atoms with Crippen LogP contribution in [0.4, 0.5) is 0 Å². The topological polar surface area (TPSA) is 72.2 Å². The summed E-state index contributed by atoms with van der Waals surface area (Å²) in [4.78, 5) is 21.6. The van der Waals surface area contributed by atoms with Gasteiger partial charge in [0.2, 0.25) is 11.8 Å². The minimum absolute atomic E-state index is 0.250. The first-order valence-electron chi connectivity index (χ1n) is 3.15. The maximum Gasteiger partial charge on any atom is 0.235 e. The summed E-state index contributed by atoms with van der Waals surface area (Å²) in [6.07, 6.45) is 1.20. The molecule has 1 aliphatic carbocycles. The van der Waals surface area contributed by atoms with Gasteiger partial charge in [-0.25, -0.2) is 0 Å². The molecule has 56 valence electrons. The summed E-state index contributed by atoms with van der Waals surface area (Å²) < 4.78 is 0. The molecule has 1 fully saturated rings. The van der Waals surface area contributed by atoms with E-state index in [2.05, 4.69) is 5.32 Å². The van der Waals surface area contributed by atoms with Gasteiger partial charge in [-0.15, -0.1) is 0 Å². The van der Waals surface area contributed by atoms with Gasteiger partial charge in [-0.3, -0.25) is 9.59 Å². The highest BCUT2D eigenvalue weighted by Gasteiger charge is 2.54. The quantitative estimate of drug-likeness (QED) is 0.485. The van der Waals surface area contributed by atoms with Crippen LogP contribution >= 0.6 is 0 Å². The molecule has 4 nitrogen and oxygen atoms in total. The van der Waals surface area contributed by atoms with Gasteiger partial charge in [-0.1, -0.05) is 0 Å². The normalized spacial score (nSPS) is 19.7. The molecule has 0 radical (unpaired) electrons. The Morgan fingerprint density at radius 2 is 2.00 bits per heavy atom. The second-order valence-corrected chi connectivity index (χ2v) is 2.53. The maximum absolute atomic E-state index is 10.9. The van der Waals surface area contributed by atoms with Gasteiger partial charge in [0.15, 0.2) is 0 Å². The molecule has 1 aliphatic rings. The first-order valence-corrected chi connectivity index (χ1v) is 3.15. The van der Waals surface area contributed by atoms with E-state index in [1.807, 2.05) is 0 Å². The molecule has 0 aromatic carbocycles. The molecular weight excluding hydrogens is 132 g/mol. The van der Waals surface area contributed by atoms with E-state index in [1.165, 1.54) is 7.05 Å². The van der Waals surface area contributed by atoms with Crippen LogP contribution in [0.3, 0.4) is 0 Å². The van der Waals surface area contributed by atoms with Gasteiger partial charge in [0, 0.05) is 7.05 Å². The SMILES string of the molecule is CNC(=O)C1(C(N)=O)CC1. The lowest BCUT2D eigenvalue weighted by molar-refractivity contribution is -0.135. The Labute approximate surface area is 58.8 Å². The zero-order valence-corrected chi connectivity index (χ0v) is 5.81. The van der Waals surface area contributed by atoms with Crippen LogP contribution in [-0.4, -0.2) is 18.9 Å². The first-order chi connectivity index (χ1) is 4.63. The minimum atomic E-state index is -0.852.